The second kappa shape index (κ2) is 7.65. The normalized spacial score (nSPS) is 18.0. The number of rotatable bonds is 8. The van der Waals surface area contributed by atoms with Crippen LogP contribution >= 0.6 is 0 Å². The van der Waals surface area contributed by atoms with Gasteiger partial charge in [-0.1, -0.05) is 19.8 Å². The summed E-state index contributed by atoms with van der Waals surface area (Å²) < 4.78 is 7.79. The van der Waals surface area contributed by atoms with E-state index in [-0.39, 0.29) is 0 Å². The summed E-state index contributed by atoms with van der Waals surface area (Å²) in [6, 6.07) is 3.15. The predicted molar refractivity (Wildman–Crippen MR) is 77.4 cm³/mol. The van der Waals surface area contributed by atoms with Crippen LogP contribution in [-0.2, 0) is 11.2 Å². The maximum Gasteiger partial charge on any atom is 0.0641 e. The molecule has 1 unspecified atom stereocenters. The second-order valence-corrected chi connectivity index (χ2v) is 5.49. The molecule has 1 aromatic heterocycles. The van der Waals surface area contributed by atoms with Gasteiger partial charge in [-0.25, -0.2) is 0 Å². The van der Waals surface area contributed by atoms with Gasteiger partial charge in [-0.2, -0.15) is 5.10 Å². The molecular formula is C15H27N3O. The molecule has 1 heterocycles. The van der Waals surface area contributed by atoms with Gasteiger partial charge in [-0.15, -0.1) is 0 Å². The number of aromatic nitrogens is 2. The summed E-state index contributed by atoms with van der Waals surface area (Å²) in [6.07, 6.45) is 9.44. The van der Waals surface area contributed by atoms with Crippen molar-refractivity contribution in [2.24, 2.45) is 0 Å². The molecule has 1 aliphatic carbocycles. The molecule has 0 radical (unpaired) electrons. The van der Waals surface area contributed by atoms with Crippen molar-refractivity contribution in [3.05, 3.63) is 18.0 Å². The van der Waals surface area contributed by atoms with Crippen LogP contribution in [0.2, 0.25) is 0 Å². The molecule has 1 aliphatic rings. The largest absolute Gasteiger partial charge is 0.380 e. The standard InChI is InChI=1S/C15H27N3O/c1-3-10-19-12-14(16-2)11-13-8-9-18(17-13)15-6-4-5-7-15/h8-9,14-16H,3-7,10-12H2,1-2H3. The van der Waals surface area contributed by atoms with Crippen molar-refractivity contribution in [3.63, 3.8) is 0 Å². The number of hydrogen-bond acceptors (Lipinski definition) is 3. The fraction of sp³-hybridized carbons (Fsp3) is 0.800. The molecule has 1 atom stereocenters. The number of ether oxygens (including phenoxy) is 1. The molecule has 0 saturated heterocycles. The molecule has 1 saturated carbocycles. The summed E-state index contributed by atoms with van der Waals surface area (Å²) >= 11 is 0. The molecule has 2 rings (SSSR count). The average molecular weight is 265 g/mol. The third-order valence-electron chi connectivity index (χ3n) is 3.89. The van der Waals surface area contributed by atoms with Crippen LogP contribution in [0, 0.1) is 0 Å². The molecule has 0 aromatic carbocycles. The lowest BCUT2D eigenvalue weighted by atomic mass is 10.2. The van der Waals surface area contributed by atoms with Crippen molar-refractivity contribution in [2.75, 3.05) is 20.3 Å². The Morgan fingerprint density at radius 2 is 2.26 bits per heavy atom. The van der Waals surface area contributed by atoms with Gasteiger partial charge in [-0.3, -0.25) is 4.68 Å². The highest BCUT2D eigenvalue weighted by atomic mass is 16.5. The van der Waals surface area contributed by atoms with E-state index in [0.717, 1.165) is 26.1 Å². The maximum absolute atomic E-state index is 5.62. The first kappa shape index (κ1) is 14.5. The van der Waals surface area contributed by atoms with Crippen molar-refractivity contribution in [2.45, 2.75) is 57.5 Å². The molecule has 108 valence electrons. The van der Waals surface area contributed by atoms with E-state index in [0.29, 0.717) is 12.1 Å². The third-order valence-corrected chi connectivity index (χ3v) is 3.89. The number of nitrogens with zero attached hydrogens (tertiary/aromatic N) is 2. The maximum atomic E-state index is 5.62. The van der Waals surface area contributed by atoms with Crippen molar-refractivity contribution >= 4 is 0 Å². The lowest BCUT2D eigenvalue weighted by Gasteiger charge is -2.15. The minimum atomic E-state index is 0.360. The van der Waals surface area contributed by atoms with Crippen LogP contribution < -0.4 is 5.32 Å². The first-order valence-electron chi connectivity index (χ1n) is 7.62. The summed E-state index contributed by atoms with van der Waals surface area (Å²) in [5, 5.41) is 8.04. The molecule has 4 nitrogen and oxygen atoms in total. The highest BCUT2D eigenvalue weighted by Gasteiger charge is 2.18. The molecular weight excluding hydrogens is 238 g/mol. The Bertz CT molecular complexity index is 358. The van der Waals surface area contributed by atoms with Crippen molar-refractivity contribution < 1.29 is 4.74 Å². The van der Waals surface area contributed by atoms with Gasteiger partial charge in [0, 0.05) is 25.3 Å². The molecule has 0 bridgehead atoms. The highest BCUT2D eigenvalue weighted by molar-refractivity contribution is 5.02. The van der Waals surface area contributed by atoms with E-state index in [1.165, 1.54) is 31.4 Å². The molecule has 4 heteroatoms. The van der Waals surface area contributed by atoms with Gasteiger partial charge in [0.15, 0.2) is 0 Å². The minimum absolute atomic E-state index is 0.360. The van der Waals surface area contributed by atoms with E-state index >= 15 is 0 Å². The van der Waals surface area contributed by atoms with E-state index in [1.54, 1.807) is 0 Å². The van der Waals surface area contributed by atoms with Gasteiger partial charge in [-0.05, 0) is 32.4 Å². The summed E-state index contributed by atoms with van der Waals surface area (Å²) in [5.41, 5.74) is 1.17. The minimum Gasteiger partial charge on any atom is -0.380 e. The summed E-state index contributed by atoms with van der Waals surface area (Å²) in [4.78, 5) is 0. The highest BCUT2D eigenvalue weighted by Crippen LogP contribution is 2.28. The summed E-state index contributed by atoms with van der Waals surface area (Å²) in [6.45, 7) is 3.74. The first-order valence-corrected chi connectivity index (χ1v) is 7.62. The Morgan fingerprint density at radius 1 is 1.47 bits per heavy atom. The molecule has 1 N–H and O–H groups in total. The molecule has 0 aliphatic heterocycles. The van der Waals surface area contributed by atoms with Crippen LogP contribution in [0.1, 0.15) is 50.8 Å². The quantitative estimate of drug-likeness (QED) is 0.734. The first-order chi connectivity index (χ1) is 9.33. The zero-order valence-electron chi connectivity index (χ0n) is 12.3. The molecule has 0 amide bonds. The number of hydrogen-bond donors (Lipinski definition) is 1. The fourth-order valence-corrected chi connectivity index (χ4v) is 2.73. The van der Waals surface area contributed by atoms with E-state index in [4.69, 9.17) is 9.84 Å². The SMILES string of the molecule is CCCOCC(Cc1ccn(C2CCCC2)n1)NC. The zero-order chi connectivity index (χ0) is 13.5. The van der Waals surface area contributed by atoms with Crippen molar-refractivity contribution in [1.82, 2.24) is 15.1 Å². The smallest absolute Gasteiger partial charge is 0.0641 e. The predicted octanol–water partition coefficient (Wildman–Crippen LogP) is 2.56. The Hall–Kier alpha value is -0.870. The lowest BCUT2D eigenvalue weighted by Crippen LogP contribution is -2.32. The van der Waals surface area contributed by atoms with Crippen molar-refractivity contribution in [1.29, 1.82) is 0 Å². The van der Waals surface area contributed by atoms with Gasteiger partial charge in [0.05, 0.1) is 18.3 Å². The van der Waals surface area contributed by atoms with Crippen LogP contribution in [-0.4, -0.2) is 36.1 Å². The van der Waals surface area contributed by atoms with Gasteiger partial charge in [0.2, 0.25) is 0 Å². The van der Waals surface area contributed by atoms with E-state index in [2.05, 4.69) is 29.2 Å². The van der Waals surface area contributed by atoms with Gasteiger partial charge in [0.25, 0.3) is 0 Å². The molecule has 0 spiro atoms. The fourth-order valence-electron chi connectivity index (χ4n) is 2.73. The number of likely N-dealkylation sites (N-methyl/N-ethyl adjacent to an activating group) is 1. The summed E-state index contributed by atoms with van der Waals surface area (Å²) in [5.74, 6) is 0. The molecule has 1 fully saturated rings. The zero-order valence-corrected chi connectivity index (χ0v) is 12.3. The molecule has 19 heavy (non-hydrogen) atoms. The average Bonchev–Trinajstić information content (AvgIpc) is 3.08. The van der Waals surface area contributed by atoms with Crippen LogP contribution in [0.5, 0.6) is 0 Å². The Balaban J connectivity index is 1.83. The van der Waals surface area contributed by atoms with Crippen LogP contribution in [0.3, 0.4) is 0 Å². The Labute approximate surface area is 116 Å². The van der Waals surface area contributed by atoms with E-state index in [9.17, 15) is 0 Å². The Kier molecular flexibility index (Phi) is 5.86. The third kappa shape index (κ3) is 4.32. The van der Waals surface area contributed by atoms with Gasteiger partial charge < -0.3 is 10.1 Å². The van der Waals surface area contributed by atoms with Crippen LogP contribution in [0.15, 0.2) is 12.3 Å². The topological polar surface area (TPSA) is 39.1 Å². The van der Waals surface area contributed by atoms with Crippen LogP contribution in [0.4, 0.5) is 0 Å². The van der Waals surface area contributed by atoms with E-state index < -0.39 is 0 Å². The summed E-state index contributed by atoms with van der Waals surface area (Å²) in [7, 11) is 1.99. The van der Waals surface area contributed by atoms with Crippen LogP contribution in [0.25, 0.3) is 0 Å². The molecule has 1 aromatic rings. The van der Waals surface area contributed by atoms with E-state index in [1.807, 2.05) is 7.05 Å². The van der Waals surface area contributed by atoms with Crippen molar-refractivity contribution in [3.8, 4) is 0 Å². The lowest BCUT2D eigenvalue weighted by molar-refractivity contribution is 0.113. The number of nitrogens with one attached hydrogen (secondary N) is 1. The van der Waals surface area contributed by atoms with Gasteiger partial charge in [0.1, 0.15) is 0 Å². The monoisotopic (exact) mass is 265 g/mol. The Morgan fingerprint density at radius 3 is 2.95 bits per heavy atom. The van der Waals surface area contributed by atoms with Gasteiger partial charge >= 0.3 is 0 Å². The second-order valence-electron chi connectivity index (χ2n) is 5.49.